The van der Waals surface area contributed by atoms with E-state index in [4.69, 9.17) is 9.15 Å². The van der Waals surface area contributed by atoms with Crippen LogP contribution in [0.15, 0.2) is 46.9 Å². The summed E-state index contributed by atoms with van der Waals surface area (Å²) in [6, 6.07) is 9.97. The highest BCUT2D eigenvalue weighted by Crippen LogP contribution is 2.13. The van der Waals surface area contributed by atoms with Crippen molar-refractivity contribution < 1.29 is 18.7 Å². The van der Waals surface area contributed by atoms with Crippen molar-refractivity contribution in [2.75, 3.05) is 0 Å². The zero-order valence-electron chi connectivity index (χ0n) is 11.3. The third-order valence-electron chi connectivity index (χ3n) is 2.62. The van der Waals surface area contributed by atoms with Crippen LogP contribution in [-0.4, -0.2) is 11.8 Å². The SMILES string of the molecule is CC(=O)c1ccc(OC(=O)/C=C/c2ccc(C)o2)cc1. The van der Waals surface area contributed by atoms with Crippen molar-refractivity contribution in [2.24, 2.45) is 0 Å². The average molecular weight is 270 g/mol. The molecule has 0 saturated carbocycles. The van der Waals surface area contributed by atoms with E-state index in [0.717, 1.165) is 5.76 Å². The minimum absolute atomic E-state index is 0.0315. The van der Waals surface area contributed by atoms with Crippen molar-refractivity contribution in [3.8, 4) is 5.75 Å². The van der Waals surface area contributed by atoms with E-state index in [0.29, 0.717) is 17.1 Å². The molecule has 0 saturated heterocycles. The van der Waals surface area contributed by atoms with Crippen LogP contribution in [0.1, 0.15) is 28.8 Å². The minimum atomic E-state index is -0.505. The van der Waals surface area contributed by atoms with Gasteiger partial charge in [0.25, 0.3) is 0 Å². The fraction of sp³-hybridized carbons (Fsp3) is 0.125. The van der Waals surface area contributed by atoms with E-state index in [1.54, 1.807) is 36.4 Å². The molecule has 1 heterocycles. The zero-order valence-corrected chi connectivity index (χ0v) is 11.3. The molecule has 4 nitrogen and oxygen atoms in total. The van der Waals surface area contributed by atoms with Gasteiger partial charge in [0.2, 0.25) is 0 Å². The summed E-state index contributed by atoms with van der Waals surface area (Å²) >= 11 is 0. The Hall–Kier alpha value is -2.62. The molecule has 0 aliphatic carbocycles. The van der Waals surface area contributed by atoms with Gasteiger partial charge in [0.1, 0.15) is 17.3 Å². The normalized spacial score (nSPS) is 10.7. The van der Waals surface area contributed by atoms with E-state index < -0.39 is 5.97 Å². The van der Waals surface area contributed by atoms with Gasteiger partial charge in [-0.25, -0.2) is 4.79 Å². The summed E-state index contributed by atoms with van der Waals surface area (Å²) in [6.07, 6.45) is 2.83. The second kappa shape index (κ2) is 6.02. The summed E-state index contributed by atoms with van der Waals surface area (Å²) in [6.45, 7) is 3.31. The molecule has 0 spiro atoms. The Labute approximate surface area is 116 Å². The maximum absolute atomic E-state index is 11.6. The molecule has 0 N–H and O–H groups in total. The monoisotopic (exact) mass is 270 g/mol. The Morgan fingerprint density at radius 2 is 1.80 bits per heavy atom. The van der Waals surface area contributed by atoms with Crippen LogP contribution < -0.4 is 4.74 Å². The van der Waals surface area contributed by atoms with Crippen molar-refractivity contribution >= 4 is 17.8 Å². The van der Waals surface area contributed by atoms with Crippen LogP contribution in [0, 0.1) is 6.92 Å². The number of esters is 1. The van der Waals surface area contributed by atoms with Crippen molar-refractivity contribution in [1.29, 1.82) is 0 Å². The van der Waals surface area contributed by atoms with Crippen LogP contribution in [0.4, 0.5) is 0 Å². The third-order valence-corrected chi connectivity index (χ3v) is 2.62. The molecule has 1 aromatic heterocycles. The van der Waals surface area contributed by atoms with E-state index in [2.05, 4.69) is 0 Å². The number of ether oxygens (including phenoxy) is 1. The van der Waals surface area contributed by atoms with Gasteiger partial charge in [0.15, 0.2) is 5.78 Å². The van der Waals surface area contributed by atoms with Crippen LogP contribution in [0.2, 0.25) is 0 Å². The smallest absolute Gasteiger partial charge is 0.336 e. The van der Waals surface area contributed by atoms with Crippen molar-refractivity contribution in [2.45, 2.75) is 13.8 Å². The lowest BCUT2D eigenvalue weighted by Crippen LogP contribution is -2.03. The number of benzene rings is 1. The molecule has 0 bridgehead atoms. The predicted molar refractivity (Wildman–Crippen MR) is 74.6 cm³/mol. The minimum Gasteiger partial charge on any atom is -0.462 e. The zero-order chi connectivity index (χ0) is 14.5. The van der Waals surface area contributed by atoms with Crippen molar-refractivity contribution in [3.05, 3.63) is 59.6 Å². The van der Waals surface area contributed by atoms with E-state index in [-0.39, 0.29) is 5.78 Å². The molecular weight excluding hydrogens is 256 g/mol. The maximum Gasteiger partial charge on any atom is 0.336 e. The standard InChI is InChI=1S/C16H14O4/c1-11-3-6-14(19-11)9-10-16(18)20-15-7-4-13(5-8-15)12(2)17/h3-10H,1-2H3/b10-9+. The van der Waals surface area contributed by atoms with Gasteiger partial charge in [-0.05, 0) is 56.3 Å². The lowest BCUT2D eigenvalue weighted by molar-refractivity contribution is -0.128. The van der Waals surface area contributed by atoms with E-state index in [9.17, 15) is 9.59 Å². The molecule has 0 fully saturated rings. The van der Waals surface area contributed by atoms with Crippen LogP contribution in [-0.2, 0) is 4.79 Å². The first kappa shape index (κ1) is 13.8. The number of Topliss-reactive ketones (excluding diaryl/α,β-unsaturated/α-hetero) is 1. The van der Waals surface area contributed by atoms with E-state index in [1.165, 1.54) is 13.0 Å². The van der Waals surface area contributed by atoms with Crippen LogP contribution in [0.3, 0.4) is 0 Å². The number of carbonyl (C=O) groups is 2. The first-order chi connectivity index (χ1) is 9.54. The number of hydrogen-bond acceptors (Lipinski definition) is 4. The van der Waals surface area contributed by atoms with Gasteiger partial charge in [-0.15, -0.1) is 0 Å². The summed E-state index contributed by atoms with van der Waals surface area (Å²) < 4.78 is 10.4. The summed E-state index contributed by atoms with van der Waals surface area (Å²) in [5.41, 5.74) is 0.575. The van der Waals surface area contributed by atoms with Crippen molar-refractivity contribution in [1.82, 2.24) is 0 Å². The second-order valence-electron chi connectivity index (χ2n) is 4.28. The fourth-order valence-electron chi connectivity index (χ4n) is 1.60. The molecule has 2 rings (SSSR count). The lowest BCUT2D eigenvalue weighted by Gasteiger charge is -2.01. The Morgan fingerprint density at radius 1 is 1.10 bits per heavy atom. The van der Waals surface area contributed by atoms with Gasteiger partial charge in [-0.2, -0.15) is 0 Å². The van der Waals surface area contributed by atoms with Gasteiger partial charge in [0, 0.05) is 11.6 Å². The van der Waals surface area contributed by atoms with Gasteiger partial charge >= 0.3 is 5.97 Å². The summed E-state index contributed by atoms with van der Waals surface area (Å²) in [7, 11) is 0. The number of carbonyl (C=O) groups excluding carboxylic acids is 2. The molecule has 0 unspecified atom stereocenters. The Morgan fingerprint density at radius 3 is 2.35 bits per heavy atom. The molecule has 4 heteroatoms. The number of ketones is 1. The number of rotatable bonds is 4. The van der Waals surface area contributed by atoms with Crippen LogP contribution >= 0.6 is 0 Å². The Balaban J connectivity index is 1.97. The summed E-state index contributed by atoms with van der Waals surface area (Å²) in [5.74, 6) is 1.22. The predicted octanol–water partition coefficient (Wildman–Crippen LogP) is 3.41. The number of aryl methyl sites for hydroxylation is 1. The Bertz CT molecular complexity index is 647. The van der Waals surface area contributed by atoms with Crippen LogP contribution in [0.5, 0.6) is 5.75 Å². The van der Waals surface area contributed by atoms with E-state index in [1.807, 2.05) is 13.0 Å². The van der Waals surface area contributed by atoms with Gasteiger partial charge in [-0.1, -0.05) is 0 Å². The largest absolute Gasteiger partial charge is 0.462 e. The molecule has 0 radical (unpaired) electrons. The molecule has 1 aromatic carbocycles. The summed E-state index contributed by atoms with van der Waals surface area (Å²) in [5, 5.41) is 0. The van der Waals surface area contributed by atoms with E-state index >= 15 is 0 Å². The topological polar surface area (TPSA) is 56.5 Å². The number of hydrogen-bond donors (Lipinski definition) is 0. The fourth-order valence-corrected chi connectivity index (χ4v) is 1.60. The molecule has 0 amide bonds. The second-order valence-corrected chi connectivity index (χ2v) is 4.28. The Kier molecular flexibility index (Phi) is 4.15. The molecule has 0 aliphatic rings. The number of furan rings is 1. The molecule has 2 aromatic rings. The van der Waals surface area contributed by atoms with Crippen molar-refractivity contribution in [3.63, 3.8) is 0 Å². The molecule has 0 atom stereocenters. The van der Waals surface area contributed by atoms with Gasteiger partial charge in [-0.3, -0.25) is 4.79 Å². The van der Waals surface area contributed by atoms with Crippen LogP contribution in [0.25, 0.3) is 6.08 Å². The molecular formula is C16H14O4. The van der Waals surface area contributed by atoms with Gasteiger partial charge < -0.3 is 9.15 Å². The average Bonchev–Trinajstić information content (AvgIpc) is 2.83. The van der Waals surface area contributed by atoms with Gasteiger partial charge in [0.05, 0.1) is 0 Å². The quantitative estimate of drug-likeness (QED) is 0.370. The highest BCUT2D eigenvalue weighted by molar-refractivity contribution is 5.94. The summed E-state index contributed by atoms with van der Waals surface area (Å²) in [4.78, 5) is 22.7. The highest BCUT2D eigenvalue weighted by atomic mass is 16.5. The maximum atomic E-state index is 11.6. The highest BCUT2D eigenvalue weighted by Gasteiger charge is 2.03. The lowest BCUT2D eigenvalue weighted by atomic mass is 10.1. The molecule has 20 heavy (non-hydrogen) atoms. The third kappa shape index (κ3) is 3.68. The molecule has 102 valence electrons. The first-order valence-corrected chi connectivity index (χ1v) is 6.12. The first-order valence-electron chi connectivity index (χ1n) is 6.12. The molecule has 0 aliphatic heterocycles.